The summed E-state index contributed by atoms with van der Waals surface area (Å²) in [7, 11) is 0. The van der Waals surface area contributed by atoms with Crippen LogP contribution in [0.2, 0.25) is 0 Å². The Morgan fingerprint density at radius 1 is 0.914 bits per heavy atom. The van der Waals surface area contributed by atoms with Crippen LogP contribution in [-0.4, -0.2) is 41.8 Å². The number of amides is 2. The fraction of sp³-hybridized carbons (Fsp3) is 0.464. The number of aliphatic carboxylic acids is 1. The second-order valence-corrected chi connectivity index (χ2v) is 10.2. The van der Waals surface area contributed by atoms with Gasteiger partial charge in [0.25, 0.3) is 0 Å². The number of carbonyl (C=O) groups is 3. The van der Waals surface area contributed by atoms with E-state index in [0.29, 0.717) is 18.8 Å². The zero-order valence-corrected chi connectivity index (χ0v) is 19.7. The van der Waals surface area contributed by atoms with Crippen molar-refractivity contribution in [3.8, 4) is 11.1 Å². The molecule has 35 heavy (non-hydrogen) atoms. The first-order valence-corrected chi connectivity index (χ1v) is 12.6. The van der Waals surface area contributed by atoms with E-state index in [4.69, 9.17) is 9.84 Å². The maximum Gasteiger partial charge on any atom is 0.407 e. The molecule has 1 unspecified atom stereocenters. The van der Waals surface area contributed by atoms with Crippen molar-refractivity contribution in [1.29, 1.82) is 0 Å². The van der Waals surface area contributed by atoms with Crippen LogP contribution < -0.4 is 10.6 Å². The highest BCUT2D eigenvalue weighted by Crippen LogP contribution is 2.44. The predicted molar refractivity (Wildman–Crippen MR) is 131 cm³/mol. The lowest BCUT2D eigenvalue weighted by Crippen LogP contribution is -2.49. The van der Waals surface area contributed by atoms with Crippen molar-refractivity contribution in [1.82, 2.24) is 10.6 Å². The van der Waals surface area contributed by atoms with Crippen LogP contribution in [0.1, 0.15) is 62.0 Å². The van der Waals surface area contributed by atoms with E-state index in [1.54, 1.807) is 0 Å². The van der Waals surface area contributed by atoms with E-state index in [1.807, 2.05) is 24.3 Å². The maximum absolute atomic E-state index is 13.0. The van der Waals surface area contributed by atoms with Gasteiger partial charge < -0.3 is 20.5 Å². The van der Waals surface area contributed by atoms with Gasteiger partial charge in [0.1, 0.15) is 12.6 Å². The number of carboxylic acids is 1. The van der Waals surface area contributed by atoms with E-state index >= 15 is 0 Å². The van der Waals surface area contributed by atoms with Crippen LogP contribution in [-0.2, 0) is 14.3 Å². The maximum atomic E-state index is 13.0. The van der Waals surface area contributed by atoms with Crippen LogP contribution in [0.25, 0.3) is 11.1 Å². The second-order valence-electron chi connectivity index (χ2n) is 10.2. The average molecular weight is 477 g/mol. The summed E-state index contributed by atoms with van der Waals surface area (Å²) in [4.78, 5) is 36.8. The van der Waals surface area contributed by atoms with Gasteiger partial charge in [0, 0.05) is 18.4 Å². The van der Waals surface area contributed by atoms with E-state index in [0.717, 1.165) is 36.8 Å². The van der Waals surface area contributed by atoms with Gasteiger partial charge in [0.15, 0.2) is 0 Å². The fourth-order valence-electron chi connectivity index (χ4n) is 5.64. The number of fused-ring (bicyclic) bond motifs is 3. The number of alkyl carbamates (subject to hydrolysis) is 1. The van der Waals surface area contributed by atoms with Gasteiger partial charge in [-0.3, -0.25) is 9.59 Å². The lowest BCUT2D eigenvalue weighted by Gasteiger charge is -2.22. The molecule has 3 aliphatic rings. The number of nitrogens with one attached hydrogen (secondary N) is 2. The summed E-state index contributed by atoms with van der Waals surface area (Å²) < 4.78 is 5.66. The van der Waals surface area contributed by atoms with Gasteiger partial charge in [0.2, 0.25) is 5.91 Å². The Labute approximate surface area is 205 Å². The van der Waals surface area contributed by atoms with Gasteiger partial charge in [-0.25, -0.2) is 4.79 Å². The minimum Gasteiger partial charge on any atom is -0.481 e. The van der Waals surface area contributed by atoms with Crippen molar-refractivity contribution in [3.05, 3.63) is 59.7 Å². The predicted octanol–water partition coefficient (Wildman–Crippen LogP) is 4.45. The van der Waals surface area contributed by atoms with Gasteiger partial charge in [-0.2, -0.15) is 0 Å². The largest absolute Gasteiger partial charge is 0.481 e. The summed E-state index contributed by atoms with van der Waals surface area (Å²) >= 11 is 0. The van der Waals surface area contributed by atoms with Crippen molar-refractivity contribution >= 4 is 18.0 Å². The molecule has 7 nitrogen and oxygen atoms in total. The van der Waals surface area contributed by atoms with E-state index in [9.17, 15) is 14.4 Å². The Morgan fingerprint density at radius 2 is 1.54 bits per heavy atom. The third-order valence-electron chi connectivity index (χ3n) is 7.57. The molecule has 3 aliphatic carbocycles. The van der Waals surface area contributed by atoms with Gasteiger partial charge in [-0.05, 0) is 59.8 Å². The molecule has 2 saturated carbocycles. The van der Waals surface area contributed by atoms with E-state index in [2.05, 4.69) is 34.9 Å². The first-order valence-electron chi connectivity index (χ1n) is 12.6. The molecule has 0 radical (unpaired) electrons. The molecule has 0 saturated heterocycles. The van der Waals surface area contributed by atoms with Crippen LogP contribution >= 0.6 is 0 Å². The number of hydrogen-bond donors (Lipinski definition) is 3. The first-order chi connectivity index (χ1) is 17.0. The molecule has 2 aromatic carbocycles. The molecule has 7 heteroatoms. The van der Waals surface area contributed by atoms with Gasteiger partial charge in [0.05, 0.1) is 0 Å². The molecule has 5 rings (SSSR count). The molecule has 0 aromatic heterocycles. The number of hydrogen-bond acceptors (Lipinski definition) is 4. The van der Waals surface area contributed by atoms with Gasteiger partial charge in [-0.1, -0.05) is 61.4 Å². The lowest BCUT2D eigenvalue weighted by molar-refractivity contribution is -0.138. The van der Waals surface area contributed by atoms with Crippen LogP contribution in [0, 0.1) is 11.8 Å². The van der Waals surface area contributed by atoms with Crippen LogP contribution in [0.4, 0.5) is 4.79 Å². The number of benzene rings is 2. The van der Waals surface area contributed by atoms with E-state index in [1.165, 1.54) is 11.1 Å². The molecule has 0 spiro atoms. The molecule has 0 bridgehead atoms. The molecule has 3 atom stereocenters. The van der Waals surface area contributed by atoms with Crippen molar-refractivity contribution in [2.45, 2.75) is 62.9 Å². The van der Waals surface area contributed by atoms with Crippen molar-refractivity contribution in [2.75, 3.05) is 6.61 Å². The highest BCUT2D eigenvalue weighted by molar-refractivity contribution is 5.86. The zero-order chi connectivity index (χ0) is 24.4. The average Bonchev–Trinajstić information content (AvgIpc) is 3.47. The smallest absolute Gasteiger partial charge is 0.407 e. The Hall–Kier alpha value is -3.35. The molecule has 0 aliphatic heterocycles. The monoisotopic (exact) mass is 476 g/mol. The topological polar surface area (TPSA) is 105 Å². The van der Waals surface area contributed by atoms with Gasteiger partial charge >= 0.3 is 12.1 Å². The zero-order valence-electron chi connectivity index (χ0n) is 19.7. The third kappa shape index (κ3) is 5.50. The Kier molecular flexibility index (Phi) is 6.75. The number of carboxylic acid groups (broad SMARTS) is 1. The van der Waals surface area contributed by atoms with Crippen LogP contribution in [0.5, 0.6) is 0 Å². The number of carbonyl (C=O) groups excluding carboxylic acids is 2. The minimum atomic E-state index is -0.800. The SMILES string of the molecule is O=C(O)C[C@H]1CC[C@@H](NC(=O)C(CC2CC2)NC(=O)OCC2c3ccccc3-c3ccccc32)C1. The highest BCUT2D eigenvalue weighted by Gasteiger charge is 2.34. The summed E-state index contributed by atoms with van der Waals surface area (Å²) in [6, 6.07) is 15.7. The van der Waals surface area contributed by atoms with E-state index in [-0.39, 0.29) is 36.8 Å². The number of rotatable bonds is 9. The Morgan fingerprint density at radius 3 is 2.17 bits per heavy atom. The minimum absolute atomic E-state index is 0.0338. The standard InChI is InChI=1S/C28H32N2O5/c31-26(32)15-18-11-12-19(13-18)29-27(33)25(14-17-9-10-17)30-28(34)35-16-24-22-7-3-1-5-20(22)21-6-2-4-8-23(21)24/h1-8,17-19,24-25H,9-16H2,(H,29,33)(H,30,34)(H,31,32)/t18-,19+,25?/m0/s1. The molecule has 2 amide bonds. The van der Waals surface area contributed by atoms with Crippen molar-refractivity contribution in [3.63, 3.8) is 0 Å². The number of ether oxygens (including phenoxy) is 1. The summed E-state index contributed by atoms with van der Waals surface area (Å²) in [5, 5.41) is 14.9. The molecular weight excluding hydrogens is 444 g/mol. The summed E-state index contributed by atoms with van der Waals surface area (Å²) in [5.74, 6) is -0.497. The second kappa shape index (κ2) is 10.1. The first kappa shape index (κ1) is 23.4. The van der Waals surface area contributed by atoms with Crippen molar-refractivity contribution in [2.24, 2.45) is 11.8 Å². The lowest BCUT2D eigenvalue weighted by atomic mass is 9.98. The molecule has 3 N–H and O–H groups in total. The molecule has 2 aromatic rings. The normalized spacial score (nSPS) is 21.6. The summed E-state index contributed by atoms with van der Waals surface area (Å²) in [5.41, 5.74) is 4.62. The highest BCUT2D eigenvalue weighted by atomic mass is 16.5. The van der Waals surface area contributed by atoms with E-state index < -0.39 is 18.1 Å². The quantitative estimate of drug-likeness (QED) is 0.496. The van der Waals surface area contributed by atoms with Gasteiger partial charge in [-0.15, -0.1) is 0 Å². The Bertz CT molecular complexity index is 1070. The van der Waals surface area contributed by atoms with Crippen LogP contribution in [0.15, 0.2) is 48.5 Å². The third-order valence-corrected chi connectivity index (χ3v) is 7.57. The molecular formula is C28H32N2O5. The molecule has 184 valence electrons. The van der Waals surface area contributed by atoms with Crippen LogP contribution in [0.3, 0.4) is 0 Å². The summed E-state index contributed by atoms with van der Waals surface area (Å²) in [6.45, 7) is 0.205. The molecule has 2 fully saturated rings. The van der Waals surface area contributed by atoms with Crippen molar-refractivity contribution < 1.29 is 24.2 Å². The summed E-state index contributed by atoms with van der Waals surface area (Å²) in [6.07, 6.45) is 4.52. The Balaban J connectivity index is 1.18. The fourth-order valence-corrected chi connectivity index (χ4v) is 5.64. The molecule has 0 heterocycles.